The number of aromatic nitrogens is 2. The van der Waals surface area contributed by atoms with Crippen molar-refractivity contribution in [2.45, 2.75) is 20.0 Å². The van der Waals surface area contributed by atoms with Gasteiger partial charge in [0.1, 0.15) is 5.75 Å². The molecule has 0 spiro atoms. The third-order valence-corrected chi connectivity index (χ3v) is 3.79. The molecule has 0 saturated carbocycles. The highest BCUT2D eigenvalue weighted by Gasteiger charge is 2.14. The summed E-state index contributed by atoms with van der Waals surface area (Å²) in [6.45, 7) is 2.55. The first-order valence-corrected chi connectivity index (χ1v) is 7.76. The van der Waals surface area contributed by atoms with E-state index in [2.05, 4.69) is 29.2 Å². The Morgan fingerprint density at radius 1 is 1.04 bits per heavy atom. The van der Waals surface area contributed by atoms with E-state index in [4.69, 9.17) is 18.7 Å². The van der Waals surface area contributed by atoms with Crippen molar-refractivity contribution in [1.29, 1.82) is 0 Å². The van der Waals surface area contributed by atoms with Crippen LogP contribution in [0.3, 0.4) is 0 Å². The summed E-state index contributed by atoms with van der Waals surface area (Å²) in [6.07, 6.45) is 1.00. The molecule has 0 fully saturated rings. The average Bonchev–Trinajstić information content (AvgIpc) is 3.29. The third kappa shape index (κ3) is 2.90. The van der Waals surface area contributed by atoms with Crippen molar-refractivity contribution in [2.75, 3.05) is 6.79 Å². The van der Waals surface area contributed by atoms with Gasteiger partial charge in [0.25, 0.3) is 5.89 Å². The van der Waals surface area contributed by atoms with Crippen LogP contribution in [0.25, 0.3) is 11.4 Å². The molecule has 0 bridgehead atoms. The Hall–Kier alpha value is -3.02. The molecule has 0 atom stereocenters. The van der Waals surface area contributed by atoms with Crippen molar-refractivity contribution in [3.63, 3.8) is 0 Å². The van der Waals surface area contributed by atoms with Crippen LogP contribution in [0.4, 0.5) is 0 Å². The quantitative estimate of drug-likeness (QED) is 0.714. The van der Waals surface area contributed by atoms with Crippen molar-refractivity contribution in [3.05, 3.63) is 53.9 Å². The number of aryl methyl sites for hydroxylation is 1. The van der Waals surface area contributed by atoms with Gasteiger partial charge < -0.3 is 18.7 Å². The lowest BCUT2D eigenvalue weighted by molar-refractivity contribution is 0.173. The number of benzene rings is 2. The first-order chi connectivity index (χ1) is 11.8. The molecule has 0 N–H and O–H groups in total. The predicted octanol–water partition coefficient (Wildman–Crippen LogP) is 3.61. The van der Waals surface area contributed by atoms with Gasteiger partial charge in [-0.3, -0.25) is 0 Å². The van der Waals surface area contributed by atoms with Crippen LogP contribution in [0.1, 0.15) is 18.4 Å². The van der Waals surface area contributed by atoms with Crippen molar-refractivity contribution in [1.82, 2.24) is 10.1 Å². The van der Waals surface area contributed by atoms with E-state index in [-0.39, 0.29) is 13.4 Å². The van der Waals surface area contributed by atoms with Crippen LogP contribution >= 0.6 is 0 Å². The summed E-state index contributed by atoms with van der Waals surface area (Å²) >= 11 is 0. The van der Waals surface area contributed by atoms with Crippen LogP contribution < -0.4 is 14.2 Å². The zero-order valence-corrected chi connectivity index (χ0v) is 13.2. The van der Waals surface area contributed by atoms with Crippen LogP contribution in [0.15, 0.2) is 47.0 Å². The molecular formula is C18H16N2O4. The fraction of sp³-hybridized carbons (Fsp3) is 0.222. The van der Waals surface area contributed by atoms with Gasteiger partial charge in [-0.25, -0.2) is 0 Å². The Kier molecular flexibility index (Phi) is 3.78. The number of hydrogen-bond donors (Lipinski definition) is 0. The largest absolute Gasteiger partial charge is 0.484 e. The number of nitrogens with zero attached hydrogens (tertiary/aromatic N) is 2. The monoisotopic (exact) mass is 324 g/mol. The molecule has 3 aromatic rings. The topological polar surface area (TPSA) is 66.6 Å². The maximum Gasteiger partial charge on any atom is 0.264 e. The standard InChI is InChI=1S/C18H16N2O4/c1-2-12-3-5-13(6-4-12)18-19-17(24-20-18)10-21-14-7-8-15-16(9-14)23-11-22-15/h3-9H,2,10-11H2,1H3. The van der Waals surface area contributed by atoms with E-state index in [1.165, 1.54) is 5.56 Å². The molecule has 122 valence electrons. The van der Waals surface area contributed by atoms with Crippen LogP contribution in [0.2, 0.25) is 0 Å². The molecule has 2 heterocycles. The SMILES string of the molecule is CCc1ccc(-c2noc(COc3ccc4c(c3)OCO4)n2)cc1. The molecule has 24 heavy (non-hydrogen) atoms. The average molecular weight is 324 g/mol. The molecule has 2 aromatic carbocycles. The molecule has 1 aliphatic heterocycles. The summed E-state index contributed by atoms with van der Waals surface area (Å²) in [7, 11) is 0. The van der Waals surface area contributed by atoms with Gasteiger partial charge in [-0.1, -0.05) is 36.3 Å². The summed E-state index contributed by atoms with van der Waals surface area (Å²) in [4.78, 5) is 4.36. The highest BCUT2D eigenvalue weighted by molar-refractivity contribution is 5.54. The molecule has 1 aromatic heterocycles. The molecule has 4 rings (SSSR count). The van der Waals surface area contributed by atoms with E-state index in [0.717, 1.165) is 17.7 Å². The second-order valence-corrected chi connectivity index (χ2v) is 5.37. The van der Waals surface area contributed by atoms with Crippen molar-refractivity contribution >= 4 is 0 Å². The molecule has 0 unspecified atom stereocenters. The lowest BCUT2D eigenvalue weighted by Gasteiger charge is -2.03. The molecule has 1 aliphatic rings. The molecule has 0 radical (unpaired) electrons. The van der Waals surface area contributed by atoms with Gasteiger partial charge in [0.05, 0.1) is 0 Å². The smallest absolute Gasteiger partial charge is 0.264 e. The molecule has 0 amide bonds. The second-order valence-electron chi connectivity index (χ2n) is 5.37. The normalized spacial score (nSPS) is 12.4. The van der Waals surface area contributed by atoms with Crippen molar-refractivity contribution in [2.24, 2.45) is 0 Å². The first kappa shape index (κ1) is 14.6. The summed E-state index contributed by atoms with van der Waals surface area (Å²) in [6, 6.07) is 13.5. The molecule has 6 nitrogen and oxygen atoms in total. The molecule has 0 saturated heterocycles. The van der Waals surface area contributed by atoms with Crippen LogP contribution in [-0.2, 0) is 13.0 Å². The lowest BCUT2D eigenvalue weighted by Crippen LogP contribution is -1.96. The number of hydrogen-bond acceptors (Lipinski definition) is 6. The Labute approximate surface area is 139 Å². The van der Waals surface area contributed by atoms with E-state index >= 15 is 0 Å². The van der Waals surface area contributed by atoms with E-state index < -0.39 is 0 Å². The maximum atomic E-state index is 5.67. The Balaban J connectivity index is 1.43. The molecule has 6 heteroatoms. The second kappa shape index (κ2) is 6.23. The maximum absolute atomic E-state index is 5.67. The highest BCUT2D eigenvalue weighted by atomic mass is 16.7. The molecular weight excluding hydrogens is 308 g/mol. The minimum absolute atomic E-state index is 0.194. The highest BCUT2D eigenvalue weighted by Crippen LogP contribution is 2.35. The summed E-state index contributed by atoms with van der Waals surface area (Å²) in [5.74, 6) is 3.03. The Bertz CT molecular complexity index is 842. The van der Waals surface area contributed by atoms with Gasteiger partial charge in [0.2, 0.25) is 12.6 Å². The summed E-state index contributed by atoms with van der Waals surface area (Å²) in [5.41, 5.74) is 2.19. The minimum Gasteiger partial charge on any atom is -0.484 e. The van der Waals surface area contributed by atoms with Gasteiger partial charge in [-0.15, -0.1) is 0 Å². The van der Waals surface area contributed by atoms with E-state index in [0.29, 0.717) is 23.2 Å². The van der Waals surface area contributed by atoms with Crippen molar-refractivity contribution in [3.8, 4) is 28.6 Å². The predicted molar refractivity (Wildman–Crippen MR) is 86.0 cm³/mol. The zero-order valence-electron chi connectivity index (χ0n) is 13.2. The van der Waals surface area contributed by atoms with E-state index in [1.54, 1.807) is 6.07 Å². The van der Waals surface area contributed by atoms with Gasteiger partial charge in [-0.2, -0.15) is 4.98 Å². The van der Waals surface area contributed by atoms with Gasteiger partial charge in [0, 0.05) is 11.6 Å². The number of fused-ring (bicyclic) bond motifs is 1. The number of rotatable bonds is 5. The lowest BCUT2D eigenvalue weighted by atomic mass is 10.1. The fourth-order valence-corrected chi connectivity index (χ4v) is 2.43. The number of ether oxygens (including phenoxy) is 3. The van der Waals surface area contributed by atoms with Gasteiger partial charge in [0.15, 0.2) is 18.1 Å². The van der Waals surface area contributed by atoms with E-state index in [9.17, 15) is 0 Å². The molecule has 0 aliphatic carbocycles. The van der Waals surface area contributed by atoms with Crippen LogP contribution in [0.5, 0.6) is 17.2 Å². The Morgan fingerprint density at radius 2 is 1.88 bits per heavy atom. The van der Waals surface area contributed by atoms with Gasteiger partial charge in [-0.05, 0) is 24.1 Å². The van der Waals surface area contributed by atoms with Crippen LogP contribution in [0, 0.1) is 0 Å². The third-order valence-electron chi connectivity index (χ3n) is 3.79. The Morgan fingerprint density at radius 3 is 2.71 bits per heavy atom. The fourth-order valence-electron chi connectivity index (χ4n) is 2.43. The van der Waals surface area contributed by atoms with E-state index in [1.807, 2.05) is 24.3 Å². The van der Waals surface area contributed by atoms with Crippen LogP contribution in [-0.4, -0.2) is 16.9 Å². The summed E-state index contributed by atoms with van der Waals surface area (Å²) in [5, 5.41) is 4.00. The van der Waals surface area contributed by atoms with Gasteiger partial charge >= 0.3 is 0 Å². The van der Waals surface area contributed by atoms with Crippen molar-refractivity contribution < 1.29 is 18.7 Å². The zero-order chi connectivity index (χ0) is 16.4. The first-order valence-electron chi connectivity index (χ1n) is 7.76. The summed E-state index contributed by atoms with van der Waals surface area (Å²) < 4.78 is 21.5. The minimum atomic E-state index is 0.194.